The molecule has 1 aliphatic carbocycles. The Labute approximate surface area is 88.7 Å². The maximum atomic E-state index is 5.61. The Balaban J connectivity index is 2.31. The van der Waals surface area contributed by atoms with E-state index in [1.807, 2.05) is 0 Å². The first kappa shape index (κ1) is 8.65. The monoisotopic (exact) mass is 196 g/mol. The van der Waals surface area contributed by atoms with Gasteiger partial charge in [0.15, 0.2) is 0 Å². The maximum absolute atomic E-state index is 5.61. The third-order valence-electron chi connectivity index (χ3n) is 3.00. The molecular weight excluding hydrogens is 184 g/mol. The minimum atomic E-state index is 0.136. The van der Waals surface area contributed by atoms with Crippen molar-refractivity contribution in [3.63, 3.8) is 0 Å². The maximum Gasteiger partial charge on any atom is 0.0722 e. The first-order valence-corrected chi connectivity index (χ1v) is 5.06. The molecule has 3 rings (SSSR count). The van der Waals surface area contributed by atoms with Crippen LogP contribution in [0.5, 0.6) is 0 Å². The Bertz CT molecular complexity index is 460. The molecule has 0 aliphatic heterocycles. The number of nitrogens with two attached hydrogens (primary N) is 1. The molecule has 2 heteroatoms. The summed E-state index contributed by atoms with van der Waals surface area (Å²) in [5.41, 5.74) is 7.98. The van der Waals surface area contributed by atoms with Crippen molar-refractivity contribution >= 4 is 0 Å². The van der Waals surface area contributed by atoms with Crippen LogP contribution >= 0.6 is 0 Å². The van der Waals surface area contributed by atoms with Gasteiger partial charge >= 0.3 is 0 Å². The molecule has 2 aromatic rings. The van der Waals surface area contributed by atoms with Crippen molar-refractivity contribution in [2.75, 3.05) is 0 Å². The van der Waals surface area contributed by atoms with Crippen LogP contribution in [0.1, 0.15) is 17.2 Å². The van der Waals surface area contributed by atoms with E-state index in [9.17, 15) is 0 Å². The zero-order valence-electron chi connectivity index (χ0n) is 8.27. The summed E-state index contributed by atoms with van der Waals surface area (Å²) < 4.78 is 0. The second kappa shape index (κ2) is 3.19. The summed E-state index contributed by atoms with van der Waals surface area (Å²) in [7, 11) is 0. The lowest BCUT2D eigenvalue weighted by atomic mass is 10.1. The van der Waals surface area contributed by atoms with Crippen LogP contribution in [0, 0.1) is 0 Å². The third-order valence-corrected chi connectivity index (χ3v) is 3.00. The summed E-state index contributed by atoms with van der Waals surface area (Å²) in [6.07, 6.45) is 0. The second-order valence-electron chi connectivity index (χ2n) is 3.77. The second-order valence-corrected chi connectivity index (χ2v) is 3.77. The van der Waals surface area contributed by atoms with Gasteiger partial charge in [0.25, 0.3) is 0 Å². The molecule has 74 valence electrons. The normalized spacial score (nSPS) is 13.7. The number of benzene rings is 2. The van der Waals surface area contributed by atoms with Gasteiger partial charge in [0, 0.05) is 0 Å². The molecule has 0 fully saturated rings. The molecule has 0 atom stereocenters. The average Bonchev–Trinajstić information content (AvgIpc) is 2.63. The van der Waals surface area contributed by atoms with Gasteiger partial charge in [-0.05, 0) is 22.3 Å². The molecular formula is C13H12N2. The predicted octanol–water partition coefficient (Wildman–Crippen LogP) is 2.22. The minimum Gasteiger partial charge on any atom is -0.271 e. The molecule has 0 aromatic heterocycles. The molecule has 0 amide bonds. The first-order chi connectivity index (χ1) is 7.42. The minimum absolute atomic E-state index is 0.136. The van der Waals surface area contributed by atoms with Crippen molar-refractivity contribution < 1.29 is 0 Å². The highest BCUT2D eigenvalue weighted by molar-refractivity contribution is 5.78. The molecule has 0 spiro atoms. The molecule has 2 aromatic carbocycles. The third kappa shape index (κ3) is 1.12. The van der Waals surface area contributed by atoms with Crippen molar-refractivity contribution in [2.24, 2.45) is 5.84 Å². The van der Waals surface area contributed by atoms with Gasteiger partial charge in [0.05, 0.1) is 6.04 Å². The molecule has 0 heterocycles. The quantitative estimate of drug-likeness (QED) is 0.542. The first-order valence-electron chi connectivity index (χ1n) is 5.06. The number of hydrazine groups is 1. The van der Waals surface area contributed by atoms with Gasteiger partial charge in [-0.1, -0.05) is 48.5 Å². The lowest BCUT2D eigenvalue weighted by Gasteiger charge is -2.10. The Morgan fingerprint density at radius 3 is 1.73 bits per heavy atom. The summed E-state index contributed by atoms with van der Waals surface area (Å²) in [5, 5.41) is 0. The highest BCUT2D eigenvalue weighted by atomic mass is 15.2. The molecule has 0 saturated heterocycles. The van der Waals surface area contributed by atoms with Gasteiger partial charge in [0.2, 0.25) is 0 Å². The smallest absolute Gasteiger partial charge is 0.0722 e. The zero-order chi connectivity index (χ0) is 10.3. The summed E-state index contributed by atoms with van der Waals surface area (Å²) in [6, 6.07) is 16.9. The van der Waals surface area contributed by atoms with E-state index in [2.05, 4.69) is 54.0 Å². The van der Waals surface area contributed by atoms with Crippen molar-refractivity contribution in [1.82, 2.24) is 5.43 Å². The SMILES string of the molecule is NNC1c2ccccc2-c2ccccc21. The van der Waals surface area contributed by atoms with Gasteiger partial charge in [-0.15, -0.1) is 0 Å². The summed E-state index contributed by atoms with van der Waals surface area (Å²) in [4.78, 5) is 0. The Morgan fingerprint density at radius 2 is 1.27 bits per heavy atom. The lowest BCUT2D eigenvalue weighted by molar-refractivity contribution is 0.649. The van der Waals surface area contributed by atoms with Crippen LogP contribution in [0.4, 0.5) is 0 Å². The summed E-state index contributed by atoms with van der Waals surface area (Å²) in [5.74, 6) is 5.61. The summed E-state index contributed by atoms with van der Waals surface area (Å²) >= 11 is 0. The van der Waals surface area contributed by atoms with E-state index in [0.29, 0.717) is 0 Å². The average molecular weight is 196 g/mol. The highest BCUT2D eigenvalue weighted by Gasteiger charge is 2.26. The number of fused-ring (bicyclic) bond motifs is 3. The van der Waals surface area contributed by atoms with Crippen molar-refractivity contribution in [3.05, 3.63) is 59.7 Å². The van der Waals surface area contributed by atoms with E-state index in [0.717, 1.165) is 0 Å². The van der Waals surface area contributed by atoms with Crippen molar-refractivity contribution in [1.29, 1.82) is 0 Å². The van der Waals surface area contributed by atoms with Crippen LogP contribution < -0.4 is 11.3 Å². The number of hydrogen-bond donors (Lipinski definition) is 2. The molecule has 2 nitrogen and oxygen atoms in total. The standard InChI is InChI=1S/C13H12N2/c14-15-13-11-7-3-1-5-9(11)10-6-2-4-8-12(10)13/h1-8,13,15H,14H2. The van der Waals surface area contributed by atoms with E-state index in [-0.39, 0.29) is 6.04 Å². The van der Waals surface area contributed by atoms with Gasteiger partial charge in [-0.25, -0.2) is 5.43 Å². The fraction of sp³-hybridized carbons (Fsp3) is 0.0769. The number of nitrogens with one attached hydrogen (secondary N) is 1. The Hall–Kier alpha value is -1.64. The Morgan fingerprint density at radius 1 is 0.800 bits per heavy atom. The molecule has 15 heavy (non-hydrogen) atoms. The molecule has 0 saturated carbocycles. The summed E-state index contributed by atoms with van der Waals surface area (Å²) in [6.45, 7) is 0. The van der Waals surface area contributed by atoms with Crippen LogP contribution in [0.25, 0.3) is 11.1 Å². The van der Waals surface area contributed by atoms with Crippen molar-refractivity contribution in [2.45, 2.75) is 6.04 Å². The van der Waals surface area contributed by atoms with Crippen molar-refractivity contribution in [3.8, 4) is 11.1 Å². The molecule has 0 radical (unpaired) electrons. The van der Waals surface area contributed by atoms with Crippen LogP contribution in [0.2, 0.25) is 0 Å². The zero-order valence-corrected chi connectivity index (χ0v) is 8.27. The van der Waals surface area contributed by atoms with E-state index in [4.69, 9.17) is 5.84 Å². The molecule has 0 unspecified atom stereocenters. The molecule has 0 bridgehead atoms. The topological polar surface area (TPSA) is 38.0 Å². The molecule has 1 aliphatic rings. The van der Waals surface area contributed by atoms with Crippen LogP contribution in [-0.4, -0.2) is 0 Å². The number of hydrogen-bond acceptors (Lipinski definition) is 2. The molecule has 3 N–H and O–H groups in total. The van der Waals surface area contributed by atoms with Crippen LogP contribution in [0.3, 0.4) is 0 Å². The van der Waals surface area contributed by atoms with Gasteiger partial charge in [-0.3, -0.25) is 5.84 Å². The van der Waals surface area contributed by atoms with Crippen LogP contribution in [-0.2, 0) is 0 Å². The van der Waals surface area contributed by atoms with E-state index < -0.39 is 0 Å². The van der Waals surface area contributed by atoms with Gasteiger partial charge in [-0.2, -0.15) is 0 Å². The fourth-order valence-corrected chi connectivity index (χ4v) is 2.34. The van der Waals surface area contributed by atoms with E-state index in [1.54, 1.807) is 0 Å². The fourth-order valence-electron chi connectivity index (χ4n) is 2.34. The Kier molecular flexibility index (Phi) is 1.84. The lowest BCUT2D eigenvalue weighted by Crippen LogP contribution is -2.27. The van der Waals surface area contributed by atoms with E-state index in [1.165, 1.54) is 22.3 Å². The number of rotatable bonds is 1. The van der Waals surface area contributed by atoms with Crippen LogP contribution in [0.15, 0.2) is 48.5 Å². The largest absolute Gasteiger partial charge is 0.271 e. The predicted molar refractivity (Wildman–Crippen MR) is 61.0 cm³/mol. The van der Waals surface area contributed by atoms with Gasteiger partial charge < -0.3 is 0 Å². The highest BCUT2D eigenvalue weighted by Crippen LogP contribution is 2.42. The van der Waals surface area contributed by atoms with Gasteiger partial charge in [0.1, 0.15) is 0 Å². The van der Waals surface area contributed by atoms with E-state index >= 15 is 0 Å².